The highest BCUT2D eigenvalue weighted by Crippen LogP contribution is 2.30. The van der Waals surface area contributed by atoms with Gasteiger partial charge in [0.05, 0.1) is 9.85 Å². The van der Waals surface area contributed by atoms with E-state index in [4.69, 9.17) is 11.6 Å². The SMILES string of the molecule is CN(Cc1cc([N+](=O)[O-])ccc1Cl)c1ncc([N+](=O)[O-])c(NC2CC2)n1. The zero-order valence-corrected chi connectivity index (χ0v) is 14.5. The van der Waals surface area contributed by atoms with Crippen molar-refractivity contribution in [3.63, 3.8) is 0 Å². The quantitative estimate of drug-likeness (QED) is 0.574. The van der Waals surface area contributed by atoms with Crippen molar-refractivity contribution in [2.45, 2.75) is 25.4 Å². The number of aromatic nitrogens is 2. The fourth-order valence-corrected chi connectivity index (χ4v) is 2.51. The molecule has 2 aromatic rings. The van der Waals surface area contributed by atoms with Crippen molar-refractivity contribution >= 4 is 34.7 Å². The van der Waals surface area contributed by atoms with Gasteiger partial charge in [-0.25, -0.2) is 4.98 Å². The Morgan fingerprint density at radius 1 is 1.31 bits per heavy atom. The molecule has 0 bridgehead atoms. The first-order valence-electron chi connectivity index (χ1n) is 7.77. The largest absolute Gasteiger partial charge is 0.361 e. The van der Waals surface area contributed by atoms with Gasteiger partial charge in [-0.05, 0) is 24.5 Å². The number of nitro benzene ring substituents is 1. The summed E-state index contributed by atoms with van der Waals surface area (Å²) >= 11 is 6.12. The highest BCUT2D eigenvalue weighted by molar-refractivity contribution is 6.31. The minimum atomic E-state index is -0.536. The molecule has 3 rings (SSSR count). The lowest BCUT2D eigenvalue weighted by Crippen LogP contribution is -2.20. The molecule has 1 N–H and O–H groups in total. The molecule has 0 atom stereocenters. The van der Waals surface area contributed by atoms with E-state index in [0.717, 1.165) is 19.0 Å². The topological polar surface area (TPSA) is 127 Å². The molecule has 11 heteroatoms. The molecule has 26 heavy (non-hydrogen) atoms. The first-order chi connectivity index (χ1) is 12.3. The summed E-state index contributed by atoms with van der Waals surface area (Å²) in [4.78, 5) is 30.9. The molecule has 0 aliphatic heterocycles. The van der Waals surface area contributed by atoms with Crippen LogP contribution in [0.1, 0.15) is 18.4 Å². The minimum Gasteiger partial charge on any atom is -0.361 e. The molecule has 1 aromatic heterocycles. The van der Waals surface area contributed by atoms with Gasteiger partial charge in [-0.15, -0.1) is 0 Å². The Balaban J connectivity index is 1.85. The molecule has 0 saturated heterocycles. The van der Waals surface area contributed by atoms with Gasteiger partial charge in [-0.2, -0.15) is 4.98 Å². The molecule has 1 saturated carbocycles. The highest BCUT2D eigenvalue weighted by Gasteiger charge is 2.27. The van der Waals surface area contributed by atoms with Crippen LogP contribution in [-0.4, -0.2) is 32.9 Å². The second-order valence-corrected chi connectivity index (χ2v) is 6.38. The summed E-state index contributed by atoms with van der Waals surface area (Å²) in [5.41, 5.74) is 0.267. The summed E-state index contributed by atoms with van der Waals surface area (Å²) in [6, 6.07) is 4.35. The average molecular weight is 379 g/mol. The summed E-state index contributed by atoms with van der Waals surface area (Å²) in [6.07, 6.45) is 3.03. The van der Waals surface area contributed by atoms with Gasteiger partial charge in [0.2, 0.25) is 11.8 Å². The Morgan fingerprint density at radius 2 is 2.04 bits per heavy atom. The summed E-state index contributed by atoms with van der Waals surface area (Å²) in [5, 5.41) is 25.5. The van der Waals surface area contributed by atoms with Gasteiger partial charge in [-0.3, -0.25) is 20.2 Å². The first kappa shape index (κ1) is 17.8. The Kier molecular flexibility index (Phi) is 4.85. The van der Waals surface area contributed by atoms with Gasteiger partial charge in [0.25, 0.3) is 5.69 Å². The summed E-state index contributed by atoms with van der Waals surface area (Å²) in [7, 11) is 1.68. The van der Waals surface area contributed by atoms with Crippen LogP contribution in [0.5, 0.6) is 0 Å². The molecule has 0 spiro atoms. The second-order valence-electron chi connectivity index (χ2n) is 5.97. The number of hydrogen-bond donors (Lipinski definition) is 1. The molecule has 10 nitrogen and oxygen atoms in total. The molecule has 0 radical (unpaired) electrons. The molecule has 1 aliphatic carbocycles. The molecule has 136 valence electrons. The summed E-state index contributed by atoms with van der Waals surface area (Å²) < 4.78 is 0. The first-order valence-corrected chi connectivity index (χ1v) is 8.15. The monoisotopic (exact) mass is 378 g/mol. The minimum absolute atomic E-state index is 0.0708. The maximum atomic E-state index is 11.1. The number of anilines is 2. The average Bonchev–Trinajstić information content (AvgIpc) is 3.40. The van der Waals surface area contributed by atoms with Gasteiger partial charge in [-0.1, -0.05) is 11.6 Å². The lowest BCUT2D eigenvalue weighted by Gasteiger charge is -2.18. The molecule has 1 aromatic carbocycles. The van der Waals surface area contributed by atoms with Crippen LogP contribution >= 0.6 is 11.6 Å². The van der Waals surface area contributed by atoms with Crippen LogP contribution in [0.3, 0.4) is 0 Å². The van der Waals surface area contributed by atoms with Crippen molar-refractivity contribution in [2.75, 3.05) is 17.3 Å². The molecule has 1 fully saturated rings. The number of nitrogens with one attached hydrogen (secondary N) is 1. The van der Waals surface area contributed by atoms with Gasteiger partial charge in [0.1, 0.15) is 6.20 Å². The van der Waals surface area contributed by atoms with E-state index in [2.05, 4.69) is 15.3 Å². The van der Waals surface area contributed by atoms with Crippen molar-refractivity contribution in [3.8, 4) is 0 Å². The highest BCUT2D eigenvalue weighted by atomic mass is 35.5. The number of benzene rings is 1. The number of nitro groups is 2. The van der Waals surface area contributed by atoms with Crippen molar-refractivity contribution in [1.29, 1.82) is 0 Å². The van der Waals surface area contributed by atoms with E-state index in [9.17, 15) is 20.2 Å². The van der Waals surface area contributed by atoms with Crippen LogP contribution in [0, 0.1) is 20.2 Å². The lowest BCUT2D eigenvalue weighted by molar-refractivity contribution is -0.384. The van der Waals surface area contributed by atoms with Crippen molar-refractivity contribution in [1.82, 2.24) is 9.97 Å². The smallest absolute Gasteiger partial charge is 0.329 e. The van der Waals surface area contributed by atoms with Crippen LogP contribution in [-0.2, 0) is 6.54 Å². The summed E-state index contributed by atoms with van der Waals surface area (Å²) in [6.45, 7) is 0.210. The number of nitrogens with zero attached hydrogens (tertiary/aromatic N) is 5. The lowest BCUT2D eigenvalue weighted by atomic mass is 10.2. The molecule has 0 amide bonds. The second kappa shape index (κ2) is 7.08. The molecule has 1 heterocycles. The Hall–Kier alpha value is -3.01. The zero-order chi connectivity index (χ0) is 18.8. The third-order valence-corrected chi connectivity index (χ3v) is 4.23. The van der Waals surface area contributed by atoms with Crippen LogP contribution < -0.4 is 10.2 Å². The van der Waals surface area contributed by atoms with Crippen molar-refractivity contribution in [2.24, 2.45) is 0 Å². The fraction of sp³-hybridized carbons (Fsp3) is 0.333. The van der Waals surface area contributed by atoms with E-state index in [1.807, 2.05) is 0 Å². The van der Waals surface area contributed by atoms with Crippen LogP contribution in [0.4, 0.5) is 23.1 Å². The van der Waals surface area contributed by atoms with Gasteiger partial charge in [0.15, 0.2) is 0 Å². The van der Waals surface area contributed by atoms with Crippen LogP contribution in [0.2, 0.25) is 5.02 Å². The van der Waals surface area contributed by atoms with E-state index >= 15 is 0 Å². The van der Waals surface area contributed by atoms with Gasteiger partial charge < -0.3 is 10.2 Å². The number of hydrogen-bond acceptors (Lipinski definition) is 8. The van der Waals surface area contributed by atoms with E-state index in [-0.39, 0.29) is 35.7 Å². The molecular weight excluding hydrogens is 364 g/mol. The predicted molar refractivity (Wildman–Crippen MR) is 95.5 cm³/mol. The third-order valence-electron chi connectivity index (χ3n) is 3.86. The van der Waals surface area contributed by atoms with Crippen molar-refractivity contribution in [3.05, 3.63) is 55.2 Å². The third kappa shape index (κ3) is 3.97. The van der Waals surface area contributed by atoms with E-state index in [1.165, 1.54) is 18.2 Å². The van der Waals surface area contributed by atoms with Crippen molar-refractivity contribution < 1.29 is 9.85 Å². The molecule has 0 unspecified atom stereocenters. The van der Waals surface area contributed by atoms with Crippen LogP contribution in [0.15, 0.2) is 24.4 Å². The normalized spacial score (nSPS) is 13.3. The zero-order valence-electron chi connectivity index (χ0n) is 13.8. The van der Waals surface area contributed by atoms with E-state index in [0.29, 0.717) is 10.6 Å². The Bertz CT molecular complexity index is 873. The van der Waals surface area contributed by atoms with E-state index < -0.39 is 9.85 Å². The Morgan fingerprint density at radius 3 is 2.65 bits per heavy atom. The van der Waals surface area contributed by atoms with Crippen LogP contribution in [0.25, 0.3) is 0 Å². The number of rotatable bonds is 7. The summed E-state index contributed by atoms with van der Waals surface area (Å²) in [5.74, 6) is 0.417. The van der Waals surface area contributed by atoms with E-state index in [1.54, 1.807) is 11.9 Å². The predicted octanol–water partition coefficient (Wildman–Crippen LogP) is 3.16. The van der Waals surface area contributed by atoms with Gasteiger partial charge in [0, 0.05) is 36.8 Å². The number of halogens is 1. The molecular formula is C15H15ClN6O4. The molecule has 1 aliphatic rings. The maximum Gasteiger partial charge on any atom is 0.329 e. The fourth-order valence-electron chi connectivity index (χ4n) is 2.33. The van der Waals surface area contributed by atoms with Gasteiger partial charge >= 0.3 is 5.69 Å². The maximum absolute atomic E-state index is 11.1. The standard InChI is InChI=1S/C15H15ClN6O4/c1-20(8-9-6-11(21(23)24)4-5-12(9)16)15-17-7-13(22(25)26)14(19-15)18-10-2-3-10/h4-7,10H,2-3,8H2,1H3,(H,17,18,19). The Labute approximate surface area is 153 Å². The number of non-ortho nitro benzene ring substituents is 1.